The Bertz CT molecular complexity index is 2270. The molecular weight excluding hydrogens is 556 g/mol. The maximum Gasteiger partial charge on any atom is 0.142 e. The zero-order chi connectivity index (χ0) is 30.6. The Morgan fingerprint density at radius 3 is 2.48 bits per heavy atom. The summed E-state index contributed by atoms with van der Waals surface area (Å²) in [6, 6.07) is 29.6. The molecule has 1 nitrogen and oxygen atoms in total. The van der Waals surface area contributed by atoms with Gasteiger partial charge in [-0.05, 0) is 111 Å². The molecule has 0 saturated carbocycles. The molecule has 0 fully saturated rings. The number of benzene rings is 4. The Morgan fingerprint density at radius 2 is 1.52 bits per heavy atom. The van der Waals surface area contributed by atoms with Crippen LogP contribution < -0.4 is 15.2 Å². The first kappa shape index (κ1) is 26.6. The molecule has 0 N–H and O–H groups in total. The lowest BCUT2D eigenvalue weighted by molar-refractivity contribution is 0.449. The molecule has 0 bridgehead atoms. The van der Waals surface area contributed by atoms with E-state index in [0.717, 1.165) is 24.4 Å². The third-order valence-corrected chi connectivity index (χ3v) is 11.9. The van der Waals surface area contributed by atoms with E-state index in [9.17, 15) is 0 Å². The fourth-order valence-corrected chi connectivity index (χ4v) is 9.46. The van der Waals surface area contributed by atoms with Crippen LogP contribution in [0.4, 0.5) is 0 Å². The summed E-state index contributed by atoms with van der Waals surface area (Å²) >= 11 is 0. The van der Waals surface area contributed by atoms with Crippen LogP contribution in [0.5, 0.6) is 5.75 Å². The van der Waals surface area contributed by atoms with Crippen molar-refractivity contribution >= 4 is 11.3 Å². The lowest BCUT2D eigenvalue weighted by Crippen LogP contribution is -2.40. The molecule has 4 aromatic carbocycles. The highest BCUT2D eigenvalue weighted by atomic mass is 16.5. The van der Waals surface area contributed by atoms with Crippen LogP contribution in [-0.4, -0.2) is 0 Å². The number of hydrogen-bond donors (Lipinski definition) is 0. The van der Waals surface area contributed by atoms with Gasteiger partial charge in [-0.15, -0.1) is 0 Å². The van der Waals surface area contributed by atoms with Gasteiger partial charge < -0.3 is 4.74 Å². The Morgan fingerprint density at radius 1 is 0.696 bits per heavy atom. The molecule has 10 rings (SSSR count). The molecule has 2 atom stereocenters. The molecule has 224 valence electrons. The van der Waals surface area contributed by atoms with Crippen LogP contribution in [0.3, 0.4) is 0 Å². The molecule has 1 aliphatic heterocycles. The van der Waals surface area contributed by atoms with Gasteiger partial charge in [-0.2, -0.15) is 0 Å². The van der Waals surface area contributed by atoms with Gasteiger partial charge in [0, 0.05) is 28.2 Å². The van der Waals surface area contributed by atoms with Crippen molar-refractivity contribution in [1.29, 1.82) is 0 Å². The van der Waals surface area contributed by atoms with Gasteiger partial charge >= 0.3 is 0 Å². The standard InChI is InChI=1S/C45H38O/c1-45(2)40-16-6-5-11-34(40)39-25-31(21-22-41(39)45)33-12-7-15-37-35-13-8-14-36-38-24-30(29-18-17-27-9-3-4-10-28(27)23-29)19-20-32(38)26-42(43(35)36)46-44(33)37/h3,5-9,11-18,21-22,24-25,28,32H,4,10,19-20,23,26H2,1-2H3. The minimum atomic E-state index is 0.00720. The predicted molar refractivity (Wildman–Crippen MR) is 190 cm³/mol. The largest absolute Gasteiger partial charge is 0.460 e. The minimum Gasteiger partial charge on any atom is -0.460 e. The summed E-state index contributed by atoms with van der Waals surface area (Å²) in [7, 11) is 0. The molecule has 46 heavy (non-hydrogen) atoms. The van der Waals surface area contributed by atoms with Crippen molar-refractivity contribution in [1.82, 2.24) is 0 Å². The number of fused-ring (bicyclic) bond motifs is 7. The van der Waals surface area contributed by atoms with Gasteiger partial charge in [-0.3, -0.25) is 0 Å². The summed E-state index contributed by atoms with van der Waals surface area (Å²) in [5, 5.41) is 2.69. The number of ether oxygens (including phenoxy) is 1. The average Bonchev–Trinajstić information content (AvgIpc) is 3.33. The van der Waals surface area contributed by atoms with E-state index in [1.54, 1.807) is 11.1 Å². The fourth-order valence-electron chi connectivity index (χ4n) is 9.46. The van der Waals surface area contributed by atoms with Crippen molar-refractivity contribution in [3.8, 4) is 39.1 Å². The van der Waals surface area contributed by atoms with Crippen molar-refractivity contribution in [3.63, 3.8) is 0 Å². The second-order valence-corrected chi connectivity index (χ2v) is 14.7. The summed E-state index contributed by atoms with van der Waals surface area (Å²) in [6.45, 7) is 4.70. The number of rotatable bonds is 2. The van der Waals surface area contributed by atoms with E-state index in [1.807, 2.05) is 0 Å². The summed E-state index contributed by atoms with van der Waals surface area (Å²) in [5.41, 5.74) is 16.6. The van der Waals surface area contributed by atoms with Crippen LogP contribution in [0.15, 0.2) is 126 Å². The van der Waals surface area contributed by atoms with Crippen molar-refractivity contribution in [2.75, 3.05) is 0 Å². The molecular formula is C45H38O. The zero-order valence-corrected chi connectivity index (χ0v) is 26.7. The zero-order valence-electron chi connectivity index (χ0n) is 26.7. The monoisotopic (exact) mass is 594 g/mol. The topological polar surface area (TPSA) is 9.23 Å². The fraction of sp³-hybridized carbons (Fsp3) is 0.244. The highest BCUT2D eigenvalue weighted by Crippen LogP contribution is 2.51. The van der Waals surface area contributed by atoms with Gasteiger partial charge in [-0.1, -0.05) is 117 Å². The van der Waals surface area contributed by atoms with Crippen molar-refractivity contribution in [3.05, 3.63) is 148 Å². The van der Waals surface area contributed by atoms with Gasteiger partial charge in [0.25, 0.3) is 0 Å². The van der Waals surface area contributed by atoms with Crippen LogP contribution in [0, 0.1) is 11.8 Å². The molecule has 2 unspecified atom stereocenters. The summed E-state index contributed by atoms with van der Waals surface area (Å²) in [5.74, 6) is 3.36. The molecule has 0 saturated heterocycles. The van der Waals surface area contributed by atoms with Gasteiger partial charge in [0.1, 0.15) is 11.5 Å². The SMILES string of the molecule is CC1(C)c2ccccc2-c2cc(-c3cccc4c3OC3=c5c-4cccc5=C4C=C(C5=CC=C6C=CCCC6C5)CCC4C3)ccc21. The molecule has 0 amide bonds. The third kappa shape index (κ3) is 3.75. The van der Waals surface area contributed by atoms with Crippen LogP contribution in [0.2, 0.25) is 0 Å². The van der Waals surface area contributed by atoms with Gasteiger partial charge in [-0.25, -0.2) is 0 Å². The Labute approximate surface area is 271 Å². The second-order valence-electron chi connectivity index (χ2n) is 14.7. The number of hydrogen-bond acceptors (Lipinski definition) is 1. The summed E-state index contributed by atoms with van der Waals surface area (Å²) < 4.78 is 7.06. The molecule has 4 aromatic rings. The third-order valence-electron chi connectivity index (χ3n) is 11.9. The van der Waals surface area contributed by atoms with Crippen LogP contribution in [0.25, 0.3) is 44.7 Å². The lowest BCUT2D eigenvalue weighted by Gasteiger charge is -2.34. The number of allylic oxidation sites excluding steroid dienone is 8. The first-order valence-corrected chi connectivity index (χ1v) is 17.3. The molecule has 1 heteroatoms. The first-order chi connectivity index (χ1) is 22.5. The molecule has 0 aromatic heterocycles. The van der Waals surface area contributed by atoms with Gasteiger partial charge in [0.2, 0.25) is 0 Å². The second kappa shape index (κ2) is 9.69. The highest BCUT2D eigenvalue weighted by molar-refractivity contribution is 5.90. The number of para-hydroxylation sites is 1. The summed E-state index contributed by atoms with van der Waals surface area (Å²) in [4.78, 5) is 0. The molecule has 6 aliphatic rings. The van der Waals surface area contributed by atoms with Crippen molar-refractivity contribution in [2.24, 2.45) is 11.8 Å². The smallest absolute Gasteiger partial charge is 0.142 e. The Hall–Kier alpha value is -4.62. The van der Waals surface area contributed by atoms with E-state index in [4.69, 9.17) is 4.74 Å². The van der Waals surface area contributed by atoms with Crippen LogP contribution in [-0.2, 0) is 5.41 Å². The minimum absolute atomic E-state index is 0.00720. The van der Waals surface area contributed by atoms with E-state index < -0.39 is 0 Å². The highest BCUT2D eigenvalue weighted by Gasteiger charge is 2.36. The van der Waals surface area contributed by atoms with Crippen LogP contribution >= 0.6 is 0 Å². The van der Waals surface area contributed by atoms with E-state index in [2.05, 4.69) is 123 Å². The maximum atomic E-state index is 7.06. The normalized spacial score (nSPS) is 22.6. The van der Waals surface area contributed by atoms with Crippen LogP contribution in [0.1, 0.15) is 63.5 Å². The predicted octanol–water partition coefficient (Wildman–Crippen LogP) is 9.94. The van der Waals surface area contributed by atoms with Gasteiger partial charge in [0.05, 0.1) is 0 Å². The van der Waals surface area contributed by atoms with E-state index in [1.165, 1.54) is 91.8 Å². The van der Waals surface area contributed by atoms with Crippen molar-refractivity contribution in [2.45, 2.75) is 57.8 Å². The first-order valence-electron chi connectivity index (χ1n) is 17.3. The lowest BCUT2D eigenvalue weighted by atomic mass is 9.73. The quantitative estimate of drug-likeness (QED) is 0.224. The van der Waals surface area contributed by atoms with E-state index >= 15 is 0 Å². The molecule has 0 spiro atoms. The molecule has 1 heterocycles. The maximum absolute atomic E-state index is 7.06. The Balaban J connectivity index is 1.09. The van der Waals surface area contributed by atoms with E-state index in [-0.39, 0.29) is 5.41 Å². The summed E-state index contributed by atoms with van der Waals surface area (Å²) in [6.07, 6.45) is 19.1. The molecule has 5 aliphatic carbocycles. The molecule has 0 radical (unpaired) electrons. The van der Waals surface area contributed by atoms with E-state index in [0.29, 0.717) is 11.8 Å². The Kier molecular flexibility index (Phi) is 5.60. The van der Waals surface area contributed by atoms with Crippen molar-refractivity contribution < 1.29 is 4.74 Å². The average molecular weight is 595 g/mol. The van der Waals surface area contributed by atoms with Gasteiger partial charge in [0.15, 0.2) is 0 Å².